The number of hydrazine groups is 1. The van der Waals surface area contributed by atoms with Gasteiger partial charge in [0.05, 0.1) is 0 Å². The first-order valence-corrected chi connectivity index (χ1v) is 3.07. The van der Waals surface area contributed by atoms with Gasteiger partial charge in [0.1, 0.15) is 0 Å². The maximum Gasteiger partial charge on any atom is 0.0122 e. The van der Waals surface area contributed by atoms with Crippen LogP contribution < -0.4 is 11.3 Å². The molecule has 0 atom stereocenters. The summed E-state index contributed by atoms with van der Waals surface area (Å²) in [5, 5.41) is 0. The Morgan fingerprint density at radius 2 is 2.00 bits per heavy atom. The predicted octanol–water partition coefficient (Wildman–Crippen LogP) is 1.18. The van der Waals surface area contributed by atoms with Crippen molar-refractivity contribution in [3.8, 4) is 0 Å². The van der Waals surface area contributed by atoms with Crippen molar-refractivity contribution in [2.24, 2.45) is 11.8 Å². The van der Waals surface area contributed by atoms with Crippen molar-refractivity contribution >= 4 is 0 Å². The van der Waals surface area contributed by atoms with Gasteiger partial charge in [0.25, 0.3) is 0 Å². The summed E-state index contributed by atoms with van der Waals surface area (Å²) in [6, 6.07) is 0. The van der Waals surface area contributed by atoms with Crippen molar-refractivity contribution in [1.82, 2.24) is 5.43 Å². The van der Waals surface area contributed by atoms with Crippen molar-refractivity contribution < 1.29 is 0 Å². The average molecular weight is 126 g/mol. The van der Waals surface area contributed by atoms with Gasteiger partial charge in [-0.1, -0.05) is 26.0 Å². The fraction of sp³-hybridized carbons (Fsp3) is 0.429. The Morgan fingerprint density at radius 3 is 2.44 bits per heavy atom. The summed E-state index contributed by atoms with van der Waals surface area (Å²) >= 11 is 0. The van der Waals surface area contributed by atoms with E-state index in [0.29, 0.717) is 5.92 Å². The van der Waals surface area contributed by atoms with Gasteiger partial charge >= 0.3 is 0 Å². The molecule has 0 fully saturated rings. The second-order valence-corrected chi connectivity index (χ2v) is 2.15. The third kappa shape index (κ3) is 7.24. The Kier molecular flexibility index (Phi) is 4.92. The molecule has 0 amide bonds. The fourth-order valence-corrected chi connectivity index (χ4v) is 0.397. The molecule has 52 valence electrons. The molecule has 0 unspecified atom stereocenters. The van der Waals surface area contributed by atoms with Crippen LogP contribution in [0.25, 0.3) is 0 Å². The summed E-state index contributed by atoms with van der Waals surface area (Å²) in [4.78, 5) is 0. The van der Waals surface area contributed by atoms with Crippen molar-refractivity contribution in [1.29, 1.82) is 0 Å². The molecule has 0 aliphatic heterocycles. The molecule has 0 saturated carbocycles. The highest BCUT2D eigenvalue weighted by Gasteiger charge is 1.78. The zero-order valence-corrected chi connectivity index (χ0v) is 5.96. The summed E-state index contributed by atoms with van der Waals surface area (Å²) in [7, 11) is 0. The van der Waals surface area contributed by atoms with E-state index in [2.05, 4.69) is 25.3 Å². The molecule has 0 aromatic carbocycles. The molecule has 2 nitrogen and oxygen atoms in total. The van der Waals surface area contributed by atoms with Gasteiger partial charge in [-0.25, -0.2) is 0 Å². The number of allylic oxidation sites excluding steroid dienone is 3. The first-order chi connectivity index (χ1) is 4.27. The van der Waals surface area contributed by atoms with Crippen LogP contribution in [0.1, 0.15) is 13.8 Å². The quantitative estimate of drug-likeness (QED) is 0.338. The normalized spacial score (nSPS) is 12.0. The maximum atomic E-state index is 4.97. The summed E-state index contributed by atoms with van der Waals surface area (Å²) in [5.74, 6) is 5.58. The van der Waals surface area contributed by atoms with Crippen LogP contribution in [-0.2, 0) is 0 Å². The highest BCUT2D eigenvalue weighted by molar-refractivity contribution is 5.01. The molecule has 0 spiro atoms. The van der Waals surface area contributed by atoms with Crippen LogP contribution in [0.4, 0.5) is 0 Å². The van der Waals surface area contributed by atoms with Crippen LogP contribution >= 0.6 is 0 Å². The Hall–Kier alpha value is -0.760. The monoisotopic (exact) mass is 126 g/mol. The van der Waals surface area contributed by atoms with E-state index in [9.17, 15) is 0 Å². The van der Waals surface area contributed by atoms with Crippen molar-refractivity contribution in [2.45, 2.75) is 13.8 Å². The molecule has 0 aliphatic rings. The molecule has 0 bridgehead atoms. The summed E-state index contributed by atoms with van der Waals surface area (Å²) in [6.45, 7) is 4.25. The number of hydrogen-bond donors (Lipinski definition) is 2. The highest BCUT2D eigenvalue weighted by atomic mass is 15.2. The van der Waals surface area contributed by atoms with E-state index in [0.717, 1.165) is 0 Å². The second-order valence-electron chi connectivity index (χ2n) is 2.15. The van der Waals surface area contributed by atoms with E-state index in [1.54, 1.807) is 6.20 Å². The van der Waals surface area contributed by atoms with Gasteiger partial charge in [0.2, 0.25) is 0 Å². The number of nitrogens with two attached hydrogens (primary N) is 1. The van der Waals surface area contributed by atoms with E-state index in [1.165, 1.54) is 0 Å². The molecular formula is C7H14N2. The topological polar surface area (TPSA) is 38.0 Å². The van der Waals surface area contributed by atoms with Gasteiger partial charge in [-0.05, 0) is 12.0 Å². The number of nitrogens with one attached hydrogen (secondary N) is 1. The molecule has 0 saturated heterocycles. The molecule has 0 aromatic heterocycles. The standard InChI is InChI=1S/C7H14N2/c1-7(2)5-3-4-6-9-8/h3-7,9H,8H2,1-2H3/b5-3-,6-4-. The minimum Gasteiger partial charge on any atom is -0.331 e. The zero-order valence-electron chi connectivity index (χ0n) is 5.96. The van der Waals surface area contributed by atoms with Crippen LogP contribution in [0, 0.1) is 5.92 Å². The lowest BCUT2D eigenvalue weighted by atomic mass is 10.2. The van der Waals surface area contributed by atoms with Crippen LogP contribution in [0.2, 0.25) is 0 Å². The van der Waals surface area contributed by atoms with E-state index >= 15 is 0 Å². The average Bonchev–Trinajstić information content (AvgIpc) is 1.80. The Labute approximate surface area is 56.4 Å². The van der Waals surface area contributed by atoms with Gasteiger partial charge in [0.15, 0.2) is 0 Å². The van der Waals surface area contributed by atoms with Gasteiger partial charge in [-0.15, -0.1) is 0 Å². The SMILES string of the molecule is CC(C)/C=C\C=C/NN. The molecule has 0 aliphatic carbocycles. The minimum absolute atomic E-state index is 0.604. The molecule has 0 radical (unpaired) electrons. The second kappa shape index (κ2) is 5.38. The summed E-state index contributed by atoms with van der Waals surface area (Å²) in [5.41, 5.74) is 2.41. The van der Waals surface area contributed by atoms with Crippen molar-refractivity contribution in [2.75, 3.05) is 0 Å². The van der Waals surface area contributed by atoms with E-state index in [4.69, 9.17) is 5.84 Å². The first kappa shape index (κ1) is 8.24. The fourth-order valence-electron chi connectivity index (χ4n) is 0.397. The smallest absolute Gasteiger partial charge is 0.0122 e. The van der Waals surface area contributed by atoms with E-state index in [-0.39, 0.29) is 0 Å². The van der Waals surface area contributed by atoms with Crippen LogP contribution in [0.3, 0.4) is 0 Å². The largest absolute Gasteiger partial charge is 0.331 e. The zero-order chi connectivity index (χ0) is 7.11. The lowest BCUT2D eigenvalue weighted by Crippen LogP contribution is -2.12. The first-order valence-electron chi connectivity index (χ1n) is 3.07. The van der Waals surface area contributed by atoms with Crippen LogP contribution in [-0.4, -0.2) is 0 Å². The lowest BCUT2D eigenvalue weighted by molar-refractivity contribution is 0.831. The molecule has 2 heteroatoms. The summed E-state index contributed by atoms with van der Waals surface area (Å²) in [6.07, 6.45) is 7.59. The van der Waals surface area contributed by atoms with Gasteiger partial charge in [-0.2, -0.15) is 0 Å². The van der Waals surface area contributed by atoms with Gasteiger partial charge in [0, 0.05) is 6.20 Å². The molecule has 0 rings (SSSR count). The lowest BCUT2D eigenvalue weighted by Gasteiger charge is -1.88. The van der Waals surface area contributed by atoms with Crippen LogP contribution in [0.15, 0.2) is 24.4 Å². The van der Waals surface area contributed by atoms with E-state index in [1.807, 2.05) is 12.2 Å². The predicted molar refractivity (Wildman–Crippen MR) is 40.4 cm³/mol. The Balaban J connectivity index is 3.35. The van der Waals surface area contributed by atoms with E-state index < -0.39 is 0 Å². The molecule has 0 heterocycles. The Bertz CT molecular complexity index is 103. The summed E-state index contributed by atoms with van der Waals surface area (Å²) < 4.78 is 0. The van der Waals surface area contributed by atoms with Crippen LogP contribution in [0.5, 0.6) is 0 Å². The maximum absolute atomic E-state index is 4.97. The third-order valence-electron chi connectivity index (χ3n) is 0.800. The molecule has 3 N–H and O–H groups in total. The van der Waals surface area contributed by atoms with Crippen molar-refractivity contribution in [3.05, 3.63) is 24.4 Å². The number of hydrogen-bond acceptors (Lipinski definition) is 2. The molecular weight excluding hydrogens is 112 g/mol. The van der Waals surface area contributed by atoms with Crippen molar-refractivity contribution in [3.63, 3.8) is 0 Å². The van der Waals surface area contributed by atoms with Gasteiger partial charge in [-0.3, -0.25) is 5.84 Å². The number of rotatable bonds is 3. The Morgan fingerprint density at radius 1 is 1.33 bits per heavy atom. The molecule has 9 heavy (non-hydrogen) atoms. The molecule has 0 aromatic rings. The highest BCUT2D eigenvalue weighted by Crippen LogP contribution is 1.92. The third-order valence-corrected chi connectivity index (χ3v) is 0.800. The van der Waals surface area contributed by atoms with Gasteiger partial charge < -0.3 is 5.43 Å². The minimum atomic E-state index is 0.604.